The lowest BCUT2D eigenvalue weighted by molar-refractivity contribution is 0.0308. The van der Waals surface area contributed by atoms with Gasteiger partial charge in [0.2, 0.25) is 0 Å². The third-order valence-corrected chi connectivity index (χ3v) is 5.93. The number of fused-ring (bicyclic) bond motifs is 1. The van der Waals surface area contributed by atoms with Crippen LogP contribution in [-0.4, -0.2) is 49.2 Å². The molecule has 3 aromatic rings. The molecule has 4 rings (SSSR count). The first-order valence-corrected chi connectivity index (χ1v) is 9.49. The molecule has 6 N–H and O–H groups in total. The highest BCUT2D eigenvalue weighted by Crippen LogP contribution is 2.34. The number of thioether (sulfide) groups is 1. The minimum atomic E-state index is -0.949. The Labute approximate surface area is 159 Å². The number of aliphatic hydroxyl groups is 2. The molecule has 0 aliphatic carbocycles. The molecule has 3 heterocycles. The highest BCUT2D eigenvalue weighted by Gasteiger charge is 2.42. The Hall–Kier alpha value is -1.84. The summed E-state index contributed by atoms with van der Waals surface area (Å²) >= 11 is 7.58. The largest absolute Gasteiger partial charge is 0.389 e. The number of aromatic amines is 1. The molecule has 26 heavy (non-hydrogen) atoms. The predicted octanol–water partition coefficient (Wildman–Crippen LogP) is 1.72. The maximum Gasteiger partial charge on any atom is 0.151 e. The molecule has 1 aliphatic heterocycles. The van der Waals surface area contributed by atoms with Crippen molar-refractivity contribution in [1.29, 1.82) is 0 Å². The SMILES string of the molecule is Nc1ncnc2c([C@@H]3N[C@H](CSc4cccc(Cl)c4)C(O)C3O)c[nH]c12. The summed E-state index contributed by atoms with van der Waals surface area (Å²) < 4.78 is 0. The highest BCUT2D eigenvalue weighted by atomic mass is 35.5. The molecule has 7 nitrogen and oxygen atoms in total. The summed E-state index contributed by atoms with van der Waals surface area (Å²) in [4.78, 5) is 12.3. The molecule has 2 aromatic heterocycles. The summed E-state index contributed by atoms with van der Waals surface area (Å²) in [5, 5.41) is 25.0. The molecule has 0 spiro atoms. The van der Waals surface area contributed by atoms with Crippen molar-refractivity contribution in [2.75, 3.05) is 11.5 Å². The van der Waals surface area contributed by atoms with Gasteiger partial charge in [-0.3, -0.25) is 0 Å². The van der Waals surface area contributed by atoms with Gasteiger partial charge < -0.3 is 26.2 Å². The first kappa shape index (κ1) is 17.6. The van der Waals surface area contributed by atoms with E-state index in [4.69, 9.17) is 17.3 Å². The second-order valence-corrected chi connectivity index (χ2v) is 7.76. The Balaban J connectivity index is 1.53. The summed E-state index contributed by atoms with van der Waals surface area (Å²) in [6.45, 7) is 0. The Morgan fingerprint density at radius 2 is 2.08 bits per heavy atom. The van der Waals surface area contributed by atoms with Crippen LogP contribution >= 0.6 is 23.4 Å². The van der Waals surface area contributed by atoms with Crippen molar-refractivity contribution in [2.24, 2.45) is 0 Å². The van der Waals surface area contributed by atoms with Crippen LogP contribution in [0.4, 0.5) is 5.82 Å². The van der Waals surface area contributed by atoms with Crippen LogP contribution in [0.1, 0.15) is 11.6 Å². The molecule has 136 valence electrons. The molecule has 9 heteroatoms. The van der Waals surface area contributed by atoms with Gasteiger partial charge in [-0.25, -0.2) is 9.97 Å². The minimum Gasteiger partial charge on any atom is -0.389 e. The van der Waals surface area contributed by atoms with Crippen molar-refractivity contribution in [3.05, 3.63) is 47.4 Å². The molecule has 2 unspecified atom stereocenters. The van der Waals surface area contributed by atoms with Gasteiger partial charge in [0.15, 0.2) is 5.82 Å². The lowest BCUT2D eigenvalue weighted by Crippen LogP contribution is -2.35. The second kappa shape index (κ2) is 7.05. The Morgan fingerprint density at radius 3 is 2.88 bits per heavy atom. The lowest BCUT2D eigenvalue weighted by atomic mass is 10.0. The average Bonchev–Trinajstić information content (AvgIpc) is 3.17. The number of benzene rings is 1. The van der Waals surface area contributed by atoms with Gasteiger partial charge in [0.1, 0.15) is 17.9 Å². The zero-order chi connectivity index (χ0) is 18.3. The van der Waals surface area contributed by atoms with Crippen LogP contribution in [0.5, 0.6) is 0 Å². The van der Waals surface area contributed by atoms with Gasteiger partial charge in [-0.05, 0) is 18.2 Å². The molecule has 1 saturated heterocycles. The minimum absolute atomic E-state index is 0.275. The van der Waals surface area contributed by atoms with E-state index in [9.17, 15) is 10.2 Å². The maximum absolute atomic E-state index is 10.5. The van der Waals surface area contributed by atoms with E-state index >= 15 is 0 Å². The van der Waals surface area contributed by atoms with Gasteiger partial charge >= 0.3 is 0 Å². The monoisotopic (exact) mass is 391 g/mol. The van der Waals surface area contributed by atoms with Crippen LogP contribution in [0.15, 0.2) is 41.7 Å². The van der Waals surface area contributed by atoms with Crippen LogP contribution < -0.4 is 11.1 Å². The van der Waals surface area contributed by atoms with Crippen molar-refractivity contribution >= 4 is 40.2 Å². The van der Waals surface area contributed by atoms with E-state index in [-0.39, 0.29) is 6.04 Å². The highest BCUT2D eigenvalue weighted by molar-refractivity contribution is 7.99. The van der Waals surface area contributed by atoms with E-state index in [0.29, 0.717) is 27.6 Å². The molecule has 0 saturated carbocycles. The summed E-state index contributed by atoms with van der Waals surface area (Å²) in [5.41, 5.74) is 7.88. The number of nitrogens with zero attached hydrogens (tertiary/aromatic N) is 2. The first-order chi connectivity index (χ1) is 12.5. The fourth-order valence-corrected chi connectivity index (χ4v) is 4.55. The Bertz CT molecular complexity index is 936. The van der Waals surface area contributed by atoms with Crippen molar-refractivity contribution in [2.45, 2.75) is 29.2 Å². The van der Waals surface area contributed by atoms with Crippen molar-refractivity contribution in [3.8, 4) is 0 Å². The van der Waals surface area contributed by atoms with Gasteiger partial charge in [0.25, 0.3) is 0 Å². The fraction of sp³-hybridized carbons (Fsp3) is 0.294. The van der Waals surface area contributed by atoms with E-state index in [1.54, 1.807) is 18.0 Å². The molecular weight excluding hydrogens is 374 g/mol. The number of anilines is 1. The van der Waals surface area contributed by atoms with Crippen molar-refractivity contribution in [1.82, 2.24) is 20.3 Å². The van der Waals surface area contributed by atoms with Crippen molar-refractivity contribution < 1.29 is 10.2 Å². The van der Waals surface area contributed by atoms with Crippen LogP contribution in [0, 0.1) is 0 Å². The molecule has 0 radical (unpaired) electrons. The normalized spacial score (nSPS) is 25.8. The number of H-pyrrole nitrogens is 1. The number of aliphatic hydroxyl groups excluding tert-OH is 2. The van der Waals surface area contributed by atoms with E-state index in [1.807, 2.05) is 24.3 Å². The number of nitrogen functional groups attached to an aromatic ring is 1. The van der Waals surface area contributed by atoms with Crippen LogP contribution in [-0.2, 0) is 0 Å². The topological polar surface area (TPSA) is 120 Å². The molecule has 4 atom stereocenters. The van der Waals surface area contributed by atoms with Gasteiger partial charge in [-0.15, -0.1) is 11.8 Å². The predicted molar refractivity (Wildman–Crippen MR) is 102 cm³/mol. The summed E-state index contributed by atoms with van der Waals surface area (Å²) in [6.07, 6.45) is 1.29. The standard InChI is InChI=1S/C17H18ClN5O2S/c18-8-2-1-3-9(4-8)26-6-11-15(24)16(25)13(23-11)10-5-20-14-12(10)21-7-22-17(14)19/h1-5,7,11,13,15-16,20,23-25H,6H2,(H2,19,21,22)/t11-,13+,15?,16?/m1/s1. The third-order valence-electron chi connectivity index (χ3n) is 4.58. The molecule has 1 aromatic carbocycles. The lowest BCUT2D eigenvalue weighted by Gasteiger charge is -2.15. The zero-order valence-corrected chi connectivity index (χ0v) is 15.2. The van der Waals surface area contributed by atoms with E-state index in [2.05, 4.69) is 20.3 Å². The molecule has 1 aliphatic rings. The van der Waals surface area contributed by atoms with Crippen LogP contribution in [0.2, 0.25) is 5.02 Å². The third kappa shape index (κ3) is 3.15. The average molecular weight is 392 g/mol. The van der Waals surface area contributed by atoms with Gasteiger partial charge in [-0.1, -0.05) is 17.7 Å². The van der Waals surface area contributed by atoms with Gasteiger partial charge in [0.05, 0.1) is 17.7 Å². The number of aromatic nitrogens is 3. The second-order valence-electron chi connectivity index (χ2n) is 6.23. The molecular formula is C17H18ClN5O2S. The zero-order valence-electron chi connectivity index (χ0n) is 13.6. The Morgan fingerprint density at radius 1 is 1.23 bits per heavy atom. The quantitative estimate of drug-likeness (QED) is 0.429. The molecule has 0 bridgehead atoms. The summed E-state index contributed by atoms with van der Waals surface area (Å²) in [5.74, 6) is 0.941. The number of hydrogen-bond acceptors (Lipinski definition) is 7. The van der Waals surface area contributed by atoms with E-state index < -0.39 is 18.2 Å². The van der Waals surface area contributed by atoms with E-state index in [1.165, 1.54) is 6.33 Å². The van der Waals surface area contributed by atoms with Gasteiger partial charge in [-0.2, -0.15) is 0 Å². The number of halogens is 1. The molecule has 0 amide bonds. The van der Waals surface area contributed by atoms with Crippen LogP contribution in [0.25, 0.3) is 11.0 Å². The van der Waals surface area contributed by atoms with Crippen molar-refractivity contribution in [3.63, 3.8) is 0 Å². The number of nitrogens with two attached hydrogens (primary N) is 1. The smallest absolute Gasteiger partial charge is 0.151 e. The molecule has 1 fully saturated rings. The summed E-state index contributed by atoms with van der Waals surface area (Å²) in [7, 11) is 0. The van der Waals surface area contributed by atoms with E-state index in [0.717, 1.165) is 10.5 Å². The number of hydrogen-bond donors (Lipinski definition) is 5. The Kier molecular flexibility index (Phi) is 4.76. The van der Waals surface area contributed by atoms with Gasteiger partial charge in [0, 0.05) is 33.5 Å². The number of nitrogens with one attached hydrogen (secondary N) is 2. The number of rotatable bonds is 4. The summed E-state index contributed by atoms with van der Waals surface area (Å²) in [6, 6.07) is 6.82. The van der Waals surface area contributed by atoms with Crippen LogP contribution in [0.3, 0.4) is 0 Å². The maximum atomic E-state index is 10.5. The first-order valence-electron chi connectivity index (χ1n) is 8.12. The fourth-order valence-electron chi connectivity index (χ4n) is 3.24.